The minimum atomic E-state index is 0.119. The van der Waals surface area contributed by atoms with Gasteiger partial charge in [-0.1, -0.05) is 0 Å². The van der Waals surface area contributed by atoms with Crippen molar-refractivity contribution in [1.82, 2.24) is 15.5 Å². The number of carbonyl (C=O) groups excluding carboxylic acids is 1. The highest BCUT2D eigenvalue weighted by molar-refractivity contribution is 5.77. The Kier molecular flexibility index (Phi) is 7.23. The quantitative estimate of drug-likeness (QED) is 0.640. The van der Waals surface area contributed by atoms with Crippen LogP contribution in [-0.4, -0.2) is 62.3 Å². The number of nitrogens with zero attached hydrogens (tertiary/aromatic N) is 1. The lowest BCUT2D eigenvalue weighted by atomic mass is 10.2. The fourth-order valence-electron chi connectivity index (χ4n) is 2.03. The standard InChI is InChI=1S/C13H27N3O2/c1-11(2)18-8-4-5-15-13(17)10-16-7-6-14-12(3)9-16/h11-12,14H,4-10H2,1-3H3,(H,15,17). The second kappa shape index (κ2) is 8.45. The zero-order valence-electron chi connectivity index (χ0n) is 11.9. The number of piperazine rings is 1. The summed E-state index contributed by atoms with van der Waals surface area (Å²) in [6.07, 6.45) is 1.14. The molecule has 5 nitrogen and oxygen atoms in total. The lowest BCUT2D eigenvalue weighted by molar-refractivity contribution is -0.122. The topological polar surface area (TPSA) is 53.6 Å². The summed E-state index contributed by atoms with van der Waals surface area (Å²) < 4.78 is 5.42. The van der Waals surface area contributed by atoms with Crippen molar-refractivity contribution in [3.05, 3.63) is 0 Å². The van der Waals surface area contributed by atoms with Crippen LogP contribution in [-0.2, 0) is 9.53 Å². The average Bonchev–Trinajstić information content (AvgIpc) is 2.28. The molecule has 1 aliphatic heterocycles. The highest BCUT2D eigenvalue weighted by Crippen LogP contribution is 1.97. The largest absolute Gasteiger partial charge is 0.379 e. The number of amides is 1. The summed E-state index contributed by atoms with van der Waals surface area (Å²) >= 11 is 0. The zero-order valence-corrected chi connectivity index (χ0v) is 11.9. The van der Waals surface area contributed by atoms with Crippen LogP contribution in [0, 0.1) is 0 Å². The number of hydrogen-bond donors (Lipinski definition) is 2. The predicted octanol–water partition coefficient (Wildman–Crippen LogP) is 0.211. The molecule has 1 atom stereocenters. The fourth-order valence-corrected chi connectivity index (χ4v) is 2.03. The van der Waals surface area contributed by atoms with Gasteiger partial charge in [0, 0.05) is 38.8 Å². The Bertz CT molecular complexity index is 246. The molecule has 0 aromatic heterocycles. The molecule has 1 saturated heterocycles. The minimum absolute atomic E-state index is 0.119. The van der Waals surface area contributed by atoms with Crippen molar-refractivity contribution in [1.29, 1.82) is 0 Å². The van der Waals surface area contributed by atoms with E-state index in [0.717, 1.165) is 26.1 Å². The van der Waals surface area contributed by atoms with Crippen LogP contribution < -0.4 is 10.6 Å². The summed E-state index contributed by atoms with van der Waals surface area (Å²) in [6.45, 7) is 11.0. The van der Waals surface area contributed by atoms with Gasteiger partial charge in [0.2, 0.25) is 5.91 Å². The molecule has 0 aromatic rings. The number of carbonyl (C=O) groups is 1. The first kappa shape index (κ1) is 15.4. The van der Waals surface area contributed by atoms with Crippen LogP contribution in [0.1, 0.15) is 27.2 Å². The molecule has 0 bridgehead atoms. The van der Waals surface area contributed by atoms with E-state index < -0.39 is 0 Å². The highest BCUT2D eigenvalue weighted by Gasteiger charge is 2.17. The van der Waals surface area contributed by atoms with Crippen LogP contribution in [0.3, 0.4) is 0 Å². The van der Waals surface area contributed by atoms with E-state index in [0.29, 0.717) is 25.7 Å². The van der Waals surface area contributed by atoms with Crippen LogP contribution >= 0.6 is 0 Å². The molecule has 1 heterocycles. The van der Waals surface area contributed by atoms with E-state index >= 15 is 0 Å². The molecule has 5 heteroatoms. The Balaban J connectivity index is 2.03. The predicted molar refractivity (Wildman–Crippen MR) is 72.6 cm³/mol. The van der Waals surface area contributed by atoms with E-state index in [-0.39, 0.29) is 12.0 Å². The fraction of sp³-hybridized carbons (Fsp3) is 0.923. The van der Waals surface area contributed by atoms with Gasteiger partial charge in [-0.2, -0.15) is 0 Å². The molecular formula is C13H27N3O2. The Labute approximate surface area is 110 Å². The van der Waals surface area contributed by atoms with Crippen LogP contribution in [0.15, 0.2) is 0 Å². The van der Waals surface area contributed by atoms with Crippen LogP contribution in [0.4, 0.5) is 0 Å². The van der Waals surface area contributed by atoms with Crippen molar-refractivity contribution in [3.63, 3.8) is 0 Å². The van der Waals surface area contributed by atoms with Gasteiger partial charge in [-0.25, -0.2) is 0 Å². The molecule has 18 heavy (non-hydrogen) atoms. The molecule has 0 radical (unpaired) electrons. The summed E-state index contributed by atoms with van der Waals surface area (Å²) in [7, 11) is 0. The molecule has 2 N–H and O–H groups in total. The van der Waals surface area contributed by atoms with E-state index in [9.17, 15) is 4.79 Å². The van der Waals surface area contributed by atoms with Crippen molar-refractivity contribution < 1.29 is 9.53 Å². The van der Waals surface area contributed by atoms with Crippen molar-refractivity contribution >= 4 is 5.91 Å². The van der Waals surface area contributed by atoms with Gasteiger partial charge in [-0.05, 0) is 27.2 Å². The van der Waals surface area contributed by atoms with Gasteiger partial charge in [0.25, 0.3) is 0 Å². The van der Waals surface area contributed by atoms with Crippen molar-refractivity contribution in [2.75, 3.05) is 39.3 Å². The lowest BCUT2D eigenvalue weighted by Crippen LogP contribution is -2.51. The molecule has 0 spiro atoms. The van der Waals surface area contributed by atoms with Gasteiger partial charge in [0.15, 0.2) is 0 Å². The van der Waals surface area contributed by atoms with Crippen molar-refractivity contribution in [2.45, 2.75) is 39.3 Å². The van der Waals surface area contributed by atoms with Crippen LogP contribution in [0.25, 0.3) is 0 Å². The number of rotatable bonds is 7. The molecule has 1 unspecified atom stereocenters. The maximum absolute atomic E-state index is 11.7. The van der Waals surface area contributed by atoms with Gasteiger partial charge in [-0.15, -0.1) is 0 Å². The summed E-state index contributed by atoms with van der Waals surface area (Å²) in [5, 5.41) is 6.30. The Morgan fingerprint density at radius 2 is 2.33 bits per heavy atom. The van der Waals surface area contributed by atoms with Crippen LogP contribution in [0.5, 0.6) is 0 Å². The van der Waals surface area contributed by atoms with E-state index in [4.69, 9.17) is 4.74 Å². The molecule has 106 valence electrons. The lowest BCUT2D eigenvalue weighted by Gasteiger charge is -2.31. The molecule has 1 rings (SSSR count). The van der Waals surface area contributed by atoms with Crippen molar-refractivity contribution in [2.24, 2.45) is 0 Å². The van der Waals surface area contributed by atoms with Gasteiger partial charge in [0.1, 0.15) is 0 Å². The third kappa shape index (κ3) is 6.93. The van der Waals surface area contributed by atoms with Crippen LogP contribution in [0.2, 0.25) is 0 Å². The molecule has 0 aromatic carbocycles. The Morgan fingerprint density at radius 1 is 1.56 bits per heavy atom. The van der Waals surface area contributed by atoms with E-state index in [1.54, 1.807) is 0 Å². The minimum Gasteiger partial charge on any atom is -0.379 e. The first-order valence-corrected chi connectivity index (χ1v) is 6.92. The third-order valence-electron chi connectivity index (χ3n) is 2.91. The Hall–Kier alpha value is -0.650. The van der Waals surface area contributed by atoms with E-state index in [1.807, 2.05) is 13.8 Å². The summed E-state index contributed by atoms with van der Waals surface area (Å²) in [5.74, 6) is 0.119. The molecule has 1 amide bonds. The normalized spacial score (nSPS) is 21.2. The first-order chi connectivity index (χ1) is 8.58. The summed E-state index contributed by atoms with van der Waals surface area (Å²) in [5.41, 5.74) is 0. The second-order valence-electron chi connectivity index (χ2n) is 5.21. The summed E-state index contributed by atoms with van der Waals surface area (Å²) in [6, 6.07) is 0.478. The van der Waals surface area contributed by atoms with E-state index in [1.165, 1.54) is 0 Å². The maximum Gasteiger partial charge on any atom is 0.234 e. The second-order valence-corrected chi connectivity index (χ2v) is 5.21. The summed E-state index contributed by atoms with van der Waals surface area (Å²) in [4.78, 5) is 13.9. The molecule has 1 aliphatic rings. The highest BCUT2D eigenvalue weighted by atomic mass is 16.5. The van der Waals surface area contributed by atoms with Gasteiger partial charge in [-0.3, -0.25) is 9.69 Å². The molecule has 1 fully saturated rings. The van der Waals surface area contributed by atoms with Gasteiger partial charge < -0.3 is 15.4 Å². The number of ether oxygens (including phenoxy) is 1. The zero-order chi connectivity index (χ0) is 13.4. The Morgan fingerprint density at radius 3 is 3.00 bits per heavy atom. The van der Waals surface area contributed by atoms with E-state index in [2.05, 4.69) is 22.5 Å². The van der Waals surface area contributed by atoms with Crippen molar-refractivity contribution in [3.8, 4) is 0 Å². The number of hydrogen-bond acceptors (Lipinski definition) is 4. The monoisotopic (exact) mass is 257 g/mol. The smallest absolute Gasteiger partial charge is 0.234 e. The van der Waals surface area contributed by atoms with Gasteiger partial charge in [0.05, 0.1) is 12.6 Å². The SMILES string of the molecule is CC1CN(CC(=O)NCCCOC(C)C)CCN1. The molecule has 0 aliphatic carbocycles. The first-order valence-electron chi connectivity index (χ1n) is 6.92. The number of nitrogens with one attached hydrogen (secondary N) is 2. The molecule has 0 saturated carbocycles. The third-order valence-corrected chi connectivity index (χ3v) is 2.91. The molecular weight excluding hydrogens is 230 g/mol. The average molecular weight is 257 g/mol. The van der Waals surface area contributed by atoms with Gasteiger partial charge >= 0.3 is 0 Å². The maximum atomic E-state index is 11.7.